The second-order valence-electron chi connectivity index (χ2n) is 2.31. The van der Waals surface area contributed by atoms with Crippen molar-refractivity contribution in [2.24, 2.45) is 0 Å². The minimum Gasteiger partial charge on any atom is -0.495 e. The molecule has 0 aliphatic carbocycles. The topological polar surface area (TPSA) is 9.23 Å². The highest BCUT2D eigenvalue weighted by molar-refractivity contribution is 14.1. The lowest BCUT2D eigenvalue weighted by atomic mass is 10.2. The van der Waals surface area contributed by atoms with Gasteiger partial charge in [-0.05, 0) is 63.7 Å². The van der Waals surface area contributed by atoms with E-state index < -0.39 is 0 Å². The van der Waals surface area contributed by atoms with Gasteiger partial charge in [0.25, 0.3) is 0 Å². The van der Waals surface area contributed by atoms with Crippen molar-refractivity contribution in [2.45, 2.75) is 6.92 Å². The van der Waals surface area contributed by atoms with Crippen molar-refractivity contribution in [1.29, 1.82) is 0 Å². The van der Waals surface area contributed by atoms with Crippen LogP contribution in [0.15, 0.2) is 6.07 Å². The lowest BCUT2D eigenvalue weighted by molar-refractivity contribution is 0.408. The highest BCUT2D eigenvalue weighted by Crippen LogP contribution is 2.33. The van der Waals surface area contributed by atoms with Crippen molar-refractivity contribution in [3.05, 3.63) is 23.8 Å². The molecule has 0 amide bonds. The maximum absolute atomic E-state index is 5.98. The van der Waals surface area contributed by atoms with Gasteiger partial charge in [0.1, 0.15) is 5.75 Å². The Balaban J connectivity index is 3.40. The molecule has 0 fully saturated rings. The minimum absolute atomic E-state index is 0.796. The Morgan fingerprint density at radius 3 is 2.50 bits per heavy atom. The molecule has 1 aromatic rings. The Hall–Kier alpha value is 0.770. The summed E-state index contributed by atoms with van der Waals surface area (Å²) in [4.78, 5) is 0. The van der Waals surface area contributed by atoms with Crippen molar-refractivity contribution in [1.82, 2.24) is 0 Å². The van der Waals surface area contributed by atoms with E-state index >= 15 is 0 Å². The fraction of sp³-hybridized carbons (Fsp3) is 0.250. The van der Waals surface area contributed by atoms with E-state index in [9.17, 15) is 0 Å². The van der Waals surface area contributed by atoms with Gasteiger partial charge < -0.3 is 4.74 Å². The summed E-state index contributed by atoms with van der Waals surface area (Å²) in [5.74, 6) is 0.915. The number of hydrogen-bond donors (Lipinski definition) is 0. The summed E-state index contributed by atoms with van der Waals surface area (Å²) in [6.45, 7) is 1.99. The molecule has 0 aliphatic rings. The molecule has 1 rings (SSSR count). The predicted molar refractivity (Wildman–Crippen MR) is 68.2 cm³/mol. The van der Waals surface area contributed by atoms with Gasteiger partial charge in [-0.25, -0.2) is 0 Å². The van der Waals surface area contributed by atoms with Crippen LogP contribution in [0.25, 0.3) is 0 Å². The number of ether oxygens (including phenoxy) is 1. The fourth-order valence-corrected chi connectivity index (χ4v) is 3.52. The van der Waals surface area contributed by atoms with Crippen LogP contribution in [0, 0.1) is 14.1 Å². The van der Waals surface area contributed by atoms with E-state index in [1.807, 2.05) is 13.0 Å². The van der Waals surface area contributed by atoms with Gasteiger partial charge in [-0.3, -0.25) is 0 Å². The number of hydrogen-bond acceptors (Lipinski definition) is 1. The van der Waals surface area contributed by atoms with Gasteiger partial charge >= 0.3 is 0 Å². The summed E-state index contributed by atoms with van der Waals surface area (Å²) < 4.78 is 7.38. The third-order valence-electron chi connectivity index (χ3n) is 1.56. The van der Waals surface area contributed by atoms with Gasteiger partial charge in [0.2, 0.25) is 0 Å². The Labute approximate surface area is 104 Å². The molecule has 4 heteroatoms. The standard InChI is InChI=1S/C8H7ClI2O/c1-4-5(9)3-6(10)8(12-2)7(4)11/h3H,1-2H3. The fourth-order valence-electron chi connectivity index (χ4n) is 0.852. The van der Waals surface area contributed by atoms with Crippen LogP contribution in [-0.4, -0.2) is 7.11 Å². The summed E-state index contributed by atoms with van der Waals surface area (Å²) in [6.07, 6.45) is 0. The summed E-state index contributed by atoms with van der Waals surface area (Å²) in [6, 6.07) is 1.92. The first kappa shape index (κ1) is 10.8. The van der Waals surface area contributed by atoms with Gasteiger partial charge in [-0.2, -0.15) is 0 Å². The van der Waals surface area contributed by atoms with E-state index in [1.165, 1.54) is 0 Å². The molecule has 0 unspecified atom stereocenters. The smallest absolute Gasteiger partial charge is 0.145 e. The quantitative estimate of drug-likeness (QED) is 0.642. The Morgan fingerprint density at radius 2 is 2.00 bits per heavy atom. The molecular formula is C8H7ClI2O. The Morgan fingerprint density at radius 1 is 1.42 bits per heavy atom. The van der Waals surface area contributed by atoms with Gasteiger partial charge in [-0.15, -0.1) is 0 Å². The first-order valence-electron chi connectivity index (χ1n) is 3.26. The van der Waals surface area contributed by atoms with E-state index in [4.69, 9.17) is 16.3 Å². The molecule has 0 heterocycles. The molecule has 1 aromatic carbocycles. The first-order valence-corrected chi connectivity index (χ1v) is 5.79. The van der Waals surface area contributed by atoms with E-state index in [0.717, 1.165) is 23.5 Å². The molecule has 0 atom stereocenters. The predicted octanol–water partition coefficient (Wildman–Crippen LogP) is 3.87. The van der Waals surface area contributed by atoms with E-state index in [2.05, 4.69) is 45.2 Å². The molecule has 0 bridgehead atoms. The second kappa shape index (κ2) is 4.32. The van der Waals surface area contributed by atoms with Gasteiger partial charge in [0, 0.05) is 5.02 Å². The molecule has 66 valence electrons. The largest absolute Gasteiger partial charge is 0.495 e. The van der Waals surface area contributed by atoms with Crippen LogP contribution in [0.3, 0.4) is 0 Å². The van der Waals surface area contributed by atoms with Crippen LogP contribution in [0.4, 0.5) is 0 Å². The normalized spacial score (nSPS) is 10.1. The number of halogens is 3. The van der Waals surface area contributed by atoms with Crippen molar-refractivity contribution in [3.8, 4) is 5.75 Å². The summed E-state index contributed by atoms with van der Waals surface area (Å²) in [7, 11) is 1.67. The van der Waals surface area contributed by atoms with Crippen molar-refractivity contribution in [2.75, 3.05) is 7.11 Å². The second-order valence-corrected chi connectivity index (χ2v) is 4.96. The third kappa shape index (κ3) is 1.98. The van der Waals surface area contributed by atoms with E-state index in [0.29, 0.717) is 0 Å². The monoisotopic (exact) mass is 408 g/mol. The number of benzene rings is 1. The molecule has 0 saturated heterocycles. The molecule has 0 spiro atoms. The maximum atomic E-state index is 5.98. The first-order chi connectivity index (χ1) is 5.57. The van der Waals surface area contributed by atoms with Gasteiger partial charge in [-0.1, -0.05) is 11.6 Å². The van der Waals surface area contributed by atoms with E-state index in [-0.39, 0.29) is 0 Å². The van der Waals surface area contributed by atoms with Crippen molar-refractivity contribution < 1.29 is 4.74 Å². The number of rotatable bonds is 1. The van der Waals surface area contributed by atoms with Gasteiger partial charge in [0.05, 0.1) is 14.3 Å². The van der Waals surface area contributed by atoms with Gasteiger partial charge in [0.15, 0.2) is 0 Å². The van der Waals surface area contributed by atoms with Crippen molar-refractivity contribution >= 4 is 56.8 Å². The maximum Gasteiger partial charge on any atom is 0.145 e. The average Bonchev–Trinajstić information content (AvgIpc) is 2.01. The SMILES string of the molecule is COc1c(I)cc(Cl)c(C)c1I. The highest BCUT2D eigenvalue weighted by Gasteiger charge is 2.10. The third-order valence-corrected chi connectivity index (χ3v) is 4.05. The molecular weight excluding hydrogens is 401 g/mol. The van der Waals surface area contributed by atoms with Crippen molar-refractivity contribution in [3.63, 3.8) is 0 Å². The minimum atomic E-state index is 0.796. The lowest BCUT2D eigenvalue weighted by Gasteiger charge is -2.09. The summed E-state index contributed by atoms with van der Waals surface area (Å²) >= 11 is 10.4. The van der Waals surface area contributed by atoms with E-state index in [1.54, 1.807) is 7.11 Å². The number of methoxy groups -OCH3 is 1. The lowest BCUT2D eigenvalue weighted by Crippen LogP contribution is -1.93. The summed E-state index contributed by atoms with van der Waals surface area (Å²) in [5, 5.41) is 0.796. The zero-order valence-corrected chi connectivity index (χ0v) is 11.7. The molecule has 12 heavy (non-hydrogen) atoms. The molecule has 0 N–H and O–H groups in total. The molecule has 0 aromatic heterocycles. The van der Waals surface area contributed by atoms with Crippen LogP contribution in [-0.2, 0) is 0 Å². The van der Waals surface area contributed by atoms with Crippen LogP contribution in [0.5, 0.6) is 5.75 Å². The van der Waals surface area contributed by atoms with Crippen LogP contribution in [0.2, 0.25) is 5.02 Å². The zero-order valence-electron chi connectivity index (χ0n) is 6.62. The summed E-state index contributed by atoms with van der Waals surface area (Å²) in [5.41, 5.74) is 1.08. The van der Waals surface area contributed by atoms with Crippen LogP contribution >= 0.6 is 56.8 Å². The zero-order chi connectivity index (χ0) is 9.30. The Kier molecular flexibility index (Phi) is 3.91. The molecule has 0 radical (unpaired) electrons. The average molecular weight is 408 g/mol. The molecule has 1 nitrogen and oxygen atoms in total. The molecule has 0 aliphatic heterocycles. The molecule has 0 saturated carbocycles. The van der Waals surface area contributed by atoms with Crippen LogP contribution in [0.1, 0.15) is 5.56 Å². The van der Waals surface area contributed by atoms with Crippen LogP contribution < -0.4 is 4.74 Å². The highest BCUT2D eigenvalue weighted by atomic mass is 127. The Bertz CT molecular complexity index is 312.